The van der Waals surface area contributed by atoms with Gasteiger partial charge in [-0.1, -0.05) is 13.8 Å². The molecule has 2 fully saturated rings. The normalized spacial score (nSPS) is 25.2. The van der Waals surface area contributed by atoms with Crippen molar-refractivity contribution in [3.05, 3.63) is 29.0 Å². The molecule has 0 amide bonds. The fourth-order valence-corrected chi connectivity index (χ4v) is 4.57. The molecule has 4 N–H and O–H groups in total. The highest BCUT2D eigenvalue weighted by Gasteiger charge is 2.60. The molecule has 0 aliphatic carbocycles. The van der Waals surface area contributed by atoms with Crippen LogP contribution in [0.3, 0.4) is 0 Å². The lowest BCUT2D eigenvalue weighted by molar-refractivity contribution is -0.0797. The Morgan fingerprint density at radius 2 is 1.83 bits per heavy atom. The average Bonchev–Trinajstić information content (AvgIpc) is 3.39. The fraction of sp³-hybridized carbons (Fsp3) is 0.450. The van der Waals surface area contributed by atoms with Gasteiger partial charge in [0, 0.05) is 18.7 Å². The van der Waals surface area contributed by atoms with Gasteiger partial charge >= 0.3 is 0 Å². The number of fused-ring (bicyclic) bond motifs is 2. The van der Waals surface area contributed by atoms with Crippen molar-refractivity contribution in [1.82, 2.24) is 25.3 Å². The Balaban J connectivity index is 0.00000106. The maximum atomic E-state index is 10.8. The van der Waals surface area contributed by atoms with E-state index in [1.54, 1.807) is 13.4 Å². The zero-order chi connectivity index (χ0) is 21.5. The van der Waals surface area contributed by atoms with Crippen molar-refractivity contribution in [2.75, 3.05) is 38.2 Å². The van der Waals surface area contributed by atoms with Crippen LogP contribution in [0.4, 0.5) is 5.95 Å². The molecule has 2 aromatic heterocycles. The molecule has 0 bridgehead atoms. The fourth-order valence-electron chi connectivity index (χ4n) is 4.03. The van der Waals surface area contributed by atoms with E-state index in [1.807, 2.05) is 36.9 Å². The first-order valence-corrected chi connectivity index (χ1v) is 10.7. The van der Waals surface area contributed by atoms with E-state index in [2.05, 4.69) is 36.2 Å². The Hall–Kier alpha value is -2.27. The van der Waals surface area contributed by atoms with Crippen LogP contribution in [0.5, 0.6) is 5.75 Å². The number of anilines is 1. The number of ether oxygens (including phenoxy) is 1. The van der Waals surface area contributed by atoms with E-state index in [0.29, 0.717) is 30.4 Å². The number of H-pyrrole nitrogens is 1. The maximum absolute atomic E-state index is 10.8. The number of aromatic amines is 1. The number of imidazole rings is 1. The number of aromatic nitrogens is 4. The van der Waals surface area contributed by atoms with Crippen LogP contribution in [-0.4, -0.2) is 74.6 Å². The Kier molecular flexibility index (Phi) is 5.43. The largest absolute Gasteiger partial charge is 0.496 e. The van der Waals surface area contributed by atoms with Crippen LogP contribution < -0.4 is 15.0 Å². The van der Waals surface area contributed by atoms with E-state index in [-0.39, 0.29) is 13.1 Å². The second kappa shape index (κ2) is 7.77. The number of nitrogens with zero attached hydrogens (tertiary/aromatic N) is 4. The van der Waals surface area contributed by atoms with Gasteiger partial charge in [0.2, 0.25) is 5.95 Å². The number of aliphatic hydroxyl groups is 2. The van der Waals surface area contributed by atoms with E-state index in [0.717, 1.165) is 21.3 Å². The van der Waals surface area contributed by atoms with Crippen molar-refractivity contribution in [3.63, 3.8) is 0 Å². The number of halogens is 1. The standard InChI is InChI=1S/C18H19BrN6O3.C2H6/c1-28-12-3-2-10(4-11(12)19)13-14-15(22-9-21-14)24-16(23-13)25-7-17(26)5-20-6-18(17,27)8-25;1-2/h2-4,9,20,26-27H,5-8H2,1H3,(H,21,22,23,24);1-2H3. The maximum Gasteiger partial charge on any atom is 0.228 e. The molecule has 2 saturated heterocycles. The summed E-state index contributed by atoms with van der Waals surface area (Å²) in [6.45, 7) is 5.17. The molecular weight excluding hydrogens is 452 g/mol. The molecule has 2 atom stereocenters. The Morgan fingerprint density at radius 1 is 1.13 bits per heavy atom. The van der Waals surface area contributed by atoms with Gasteiger partial charge in [-0.2, -0.15) is 4.98 Å². The molecule has 2 aliphatic heterocycles. The predicted molar refractivity (Wildman–Crippen MR) is 118 cm³/mol. The quantitative estimate of drug-likeness (QED) is 0.450. The average molecular weight is 477 g/mol. The first-order valence-electron chi connectivity index (χ1n) is 9.88. The van der Waals surface area contributed by atoms with Gasteiger partial charge in [0.15, 0.2) is 5.65 Å². The summed E-state index contributed by atoms with van der Waals surface area (Å²) >= 11 is 3.51. The topological polar surface area (TPSA) is 119 Å². The molecule has 2 aliphatic rings. The Bertz CT molecular complexity index is 1060. The van der Waals surface area contributed by atoms with Crippen LogP contribution in [-0.2, 0) is 0 Å². The molecule has 5 rings (SSSR count). The lowest BCUT2D eigenvalue weighted by atomic mass is 9.90. The zero-order valence-electron chi connectivity index (χ0n) is 17.1. The van der Waals surface area contributed by atoms with Gasteiger partial charge in [0.25, 0.3) is 0 Å². The molecule has 160 valence electrons. The molecule has 9 nitrogen and oxygen atoms in total. The van der Waals surface area contributed by atoms with Crippen molar-refractivity contribution < 1.29 is 14.9 Å². The molecule has 30 heavy (non-hydrogen) atoms. The highest BCUT2D eigenvalue weighted by Crippen LogP contribution is 2.38. The van der Waals surface area contributed by atoms with Gasteiger partial charge in [0.1, 0.15) is 28.2 Å². The number of β-amino-alcohol motifs (C(OH)–C–C–N with tert-alkyl or cyclic N) is 2. The highest BCUT2D eigenvalue weighted by atomic mass is 79.9. The van der Waals surface area contributed by atoms with E-state index in [1.165, 1.54) is 0 Å². The van der Waals surface area contributed by atoms with E-state index >= 15 is 0 Å². The Labute approximate surface area is 182 Å². The summed E-state index contributed by atoms with van der Waals surface area (Å²) in [5.74, 6) is 1.15. The zero-order valence-corrected chi connectivity index (χ0v) is 18.7. The lowest BCUT2D eigenvalue weighted by Gasteiger charge is -2.27. The Morgan fingerprint density at radius 3 is 2.47 bits per heavy atom. The molecule has 0 radical (unpaired) electrons. The van der Waals surface area contributed by atoms with Crippen LogP contribution in [0.1, 0.15) is 13.8 Å². The van der Waals surface area contributed by atoms with Gasteiger partial charge in [0.05, 0.1) is 31.0 Å². The summed E-state index contributed by atoms with van der Waals surface area (Å²) in [7, 11) is 1.62. The molecule has 0 saturated carbocycles. The third-order valence-electron chi connectivity index (χ3n) is 5.59. The monoisotopic (exact) mass is 476 g/mol. The van der Waals surface area contributed by atoms with Crippen LogP contribution in [0.15, 0.2) is 29.0 Å². The van der Waals surface area contributed by atoms with Crippen molar-refractivity contribution in [3.8, 4) is 17.0 Å². The third-order valence-corrected chi connectivity index (χ3v) is 6.21. The van der Waals surface area contributed by atoms with Gasteiger partial charge in [-0.05, 0) is 34.1 Å². The van der Waals surface area contributed by atoms with Crippen molar-refractivity contribution in [2.24, 2.45) is 0 Å². The van der Waals surface area contributed by atoms with Gasteiger partial charge in [-0.3, -0.25) is 0 Å². The summed E-state index contributed by atoms with van der Waals surface area (Å²) in [4.78, 5) is 18.5. The van der Waals surface area contributed by atoms with Crippen LogP contribution in [0.25, 0.3) is 22.4 Å². The summed E-state index contributed by atoms with van der Waals surface area (Å²) in [6.07, 6.45) is 1.58. The van der Waals surface area contributed by atoms with Crippen LogP contribution in [0, 0.1) is 0 Å². The van der Waals surface area contributed by atoms with Crippen molar-refractivity contribution >= 4 is 33.0 Å². The highest BCUT2D eigenvalue weighted by molar-refractivity contribution is 9.10. The lowest BCUT2D eigenvalue weighted by Crippen LogP contribution is -2.52. The molecule has 1 aromatic carbocycles. The summed E-state index contributed by atoms with van der Waals surface area (Å²) in [5, 5.41) is 24.7. The summed E-state index contributed by atoms with van der Waals surface area (Å²) < 4.78 is 6.12. The van der Waals surface area contributed by atoms with E-state index in [9.17, 15) is 10.2 Å². The van der Waals surface area contributed by atoms with Crippen molar-refractivity contribution in [1.29, 1.82) is 0 Å². The third kappa shape index (κ3) is 3.24. The van der Waals surface area contributed by atoms with Crippen LogP contribution in [0.2, 0.25) is 0 Å². The summed E-state index contributed by atoms with van der Waals surface area (Å²) in [5.41, 5.74) is 0.361. The van der Waals surface area contributed by atoms with E-state index < -0.39 is 11.2 Å². The second-order valence-corrected chi connectivity index (χ2v) is 8.20. The summed E-state index contributed by atoms with van der Waals surface area (Å²) in [6, 6.07) is 5.70. The second-order valence-electron chi connectivity index (χ2n) is 7.35. The smallest absolute Gasteiger partial charge is 0.228 e. The molecule has 0 spiro atoms. The van der Waals surface area contributed by atoms with E-state index in [4.69, 9.17) is 9.72 Å². The van der Waals surface area contributed by atoms with Gasteiger partial charge in [-0.15, -0.1) is 0 Å². The van der Waals surface area contributed by atoms with Crippen molar-refractivity contribution in [2.45, 2.75) is 25.0 Å². The number of nitrogens with one attached hydrogen (secondary N) is 2. The van der Waals surface area contributed by atoms with Gasteiger partial charge in [-0.25, -0.2) is 9.97 Å². The number of methoxy groups -OCH3 is 1. The number of hydrogen-bond acceptors (Lipinski definition) is 8. The molecule has 2 unspecified atom stereocenters. The minimum atomic E-state index is -1.22. The van der Waals surface area contributed by atoms with Crippen LogP contribution >= 0.6 is 15.9 Å². The minimum Gasteiger partial charge on any atom is -0.496 e. The number of hydrogen-bond donors (Lipinski definition) is 4. The first kappa shape index (κ1) is 21.0. The molecule has 4 heterocycles. The number of rotatable bonds is 3. The van der Waals surface area contributed by atoms with Gasteiger partial charge < -0.3 is 30.2 Å². The first-order chi connectivity index (χ1) is 14.4. The molecular formula is C20H25BrN6O3. The predicted octanol–water partition coefficient (Wildman–Crippen LogP) is 1.70. The molecule has 3 aromatic rings. The molecule has 10 heteroatoms. The minimum absolute atomic E-state index is 0.248. The number of benzene rings is 1. The SMILES string of the molecule is CC.COc1ccc(-c2nc(N3CC4(O)CNCC4(O)C3)nc3nc[nH]c23)cc1Br.